The van der Waals surface area contributed by atoms with Crippen molar-refractivity contribution in [3.63, 3.8) is 0 Å². The van der Waals surface area contributed by atoms with Gasteiger partial charge in [-0.2, -0.15) is 5.10 Å². The second-order valence-corrected chi connectivity index (χ2v) is 4.55. The van der Waals surface area contributed by atoms with Crippen molar-refractivity contribution in [2.24, 2.45) is 0 Å². The molecule has 96 valence electrons. The van der Waals surface area contributed by atoms with E-state index in [0.717, 1.165) is 50.1 Å². The van der Waals surface area contributed by atoms with Crippen molar-refractivity contribution < 1.29 is 9.84 Å². The topological polar surface area (TPSA) is 47.3 Å². The molecule has 17 heavy (non-hydrogen) atoms. The molecule has 2 rings (SSSR count). The zero-order valence-corrected chi connectivity index (χ0v) is 10.8. The van der Waals surface area contributed by atoms with Crippen LogP contribution >= 0.6 is 0 Å². The molecule has 4 heteroatoms. The first kappa shape index (κ1) is 12.6. The largest absolute Gasteiger partial charge is 0.392 e. The summed E-state index contributed by atoms with van der Waals surface area (Å²) in [4.78, 5) is 0. The Kier molecular flexibility index (Phi) is 4.18. The van der Waals surface area contributed by atoms with Gasteiger partial charge in [0.25, 0.3) is 0 Å². The Morgan fingerprint density at radius 2 is 2.24 bits per heavy atom. The lowest BCUT2D eigenvalue weighted by molar-refractivity contribution is 0.0931. The van der Waals surface area contributed by atoms with E-state index in [1.807, 2.05) is 4.68 Å². The summed E-state index contributed by atoms with van der Waals surface area (Å²) in [5, 5.41) is 14.1. The minimum Gasteiger partial charge on any atom is -0.392 e. The maximum Gasteiger partial charge on any atom is 0.0771 e. The second kappa shape index (κ2) is 5.65. The molecule has 1 aromatic heterocycles. The van der Waals surface area contributed by atoms with Crippen LogP contribution < -0.4 is 0 Å². The third-order valence-electron chi connectivity index (χ3n) is 3.48. The molecule has 0 saturated carbocycles. The third kappa shape index (κ3) is 2.53. The SMILES string of the molecule is CCc1nn(CC2CCCO2)c(CC)c1CO. The Hall–Kier alpha value is -0.870. The average Bonchev–Trinajstić information content (AvgIpc) is 2.96. The molecule has 0 amide bonds. The van der Waals surface area contributed by atoms with Gasteiger partial charge in [0.15, 0.2) is 0 Å². The summed E-state index contributed by atoms with van der Waals surface area (Å²) in [5.74, 6) is 0. The molecule has 0 spiro atoms. The molecule has 0 bridgehead atoms. The quantitative estimate of drug-likeness (QED) is 0.849. The van der Waals surface area contributed by atoms with E-state index in [0.29, 0.717) is 6.10 Å². The van der Waals surface area contributed by atoms with E-state index in [2.05, 4.69) is 18.9 Å². The van der Waals surface area contributed by atoms with E-state index in [9.17, 15) is 5.11 Å². The Morgan fingerprint density at radius 1 is 1.41 bits per heavy atom. The maximum atomic E-state index is 9.45. The molecule has 1 unspecified atom stereocenters. The number of nitrogens with zero attached hydrogens (tertiary/aromatic N) is 2. The van der Waals surface area contributed by atoms with Crippen LogP contribution in [0.1, 0.15) is 43.6 Å². The minimum atomic E-state index is 0.0951. The van der Waals surface area contributed by atoms with Crippen molar-refractivity contribution in [2.75, 3.05) is 6.61 Å². The van der Waals surface area contributed by atoms with Crippen molar-refractivity contribution in [1.29, 1.82) is 0 Å². The monoisotopic (exact) mass is 238 g/mol. The molecule has 1 aliphatic rings. The summed E-state index contributed by atoms with van der Waals surface area (Å²) in [6.07, 6.45) is 4.37. The maximum absolute atomic E-state index is 9.45. The number of hydrogen-bond donors (Lipinski definition) is 1. The summed E-state index contributed by atoms with van der Waals surface area (Å²) < 4.78 is 7.69. The number of rotatable bonds is 5. The van der Waals surface area contributed by atoms with Crippen LogP contribution in [0.3, 0.4) is 0 Å². The van der Waals surface area contributed by atoms with Gasteiger partial charge < -0.3 is 9.84 Å². The zero-order chi connectivity index (χ0) is 12.3. The van der Waals surface area contributed by atoms with E-state index in [-0.39, 0.29) is 6.61 Å². The Bertz CT molecular complexity index is 368. The number of aliphatic hydroxyl groups excluding tert-OH is 1. The van der Waals surface area contributed by atoms with Crippen LogP contribution in [-0.4, -0.2) is 27.6 Å². The van der Waals surface area contributed by atoms with Crippen LogP contribution in [0, 0.1) is 0 Å². The van der Waals surface area contributed by atoms with Crippen LogP contribution in [0.25, 0.3) is 0 Å². The smallest absolute Gasteiger partial charge is 0.0771 e. The van der Waals surface area contributed by atoms with Gasteiger partial charge in [0.1, 0.15) is 0 Å². The lowest BCUT2D eigenvalue weighted by Crippen LogP contribution is -2.18. The second-order valence-electron chi connectivity index (χ2n) is 4.55. The van der Waals surface area contributed by atoms with Crippen molar-refractivity contribution >= 4 is 0 Å². The molecule has 1 atom stereocenters. The van der Waals surface area contributed by atoms with E-state index < -0.39 is 0 Å². The first-order chi connectivity index (χ1) is 8.30. The summed E-state index contributed by atoms with van der Waals surface area (Å²) in [6.45, 7) is 5.99. The fourth-order valence-corrected chi connectivity index (χ4v) is 2.58. The van der Waals surface area contributed by atoms with Crippen LogP contribution in [-0.2, 0) is 30.7 Å². The molecule has 2 heterocycles. The Morgan fingerprint density at radius 3 is 2.76 bits per heavy atom. The minimum absolute atomic E-state index is 0.0951. The van der Waals surface area contributed by atoms with Gasteiger partial charge in [0, 0.05) is 17.9 Å². The van der Waals surface area contributed by atoms with Gasteiger partial charge in [-0.15, -0.1) is 0 Å². The fourth-order valence-electron chi connectivity index (χ4n) is 2.58. The highest BCUT2D eigenvalue weighted by atomic mass is 16.5. The van der Waals surface area contributed by atoms with Crippen LogP contribution in [0.4, 0.5) is 0 Å². The van der Waals surface area contributed by atoms with E-state index in [1.54, 1.807) is 0 Å². The molecule has 1 fully saturated rings. The number of aryl methyl sites for hydroxylation is 1. The lowest BCUT2D eigenvalue weighted by Gasteiger charge is -2.12. The normalized spacial score (nSPS) is 20.1. The molecular formula is C13H22N2O2. The lowest BCUT2D eigenvalue weighted by atomic mass is 10.1. The molecule has 1 saturated heterocycles. The standard InChI is InChI=1S/C13H22N2O2/c1-3-12-11(9-16)13(4-2)15(14-12)8-10-6-5-7-17-10/h10,16H,3-9H2,1-2H3. The highest BCUT2D eigenvalue weighted by molar-refractivity contribution is 5.26. The van der Waals surface area contributed by atoms with Crippen LogP contribution in [0.5, 0.6) is 0 Å². The van der Waals surface area contributed by atoms with Gasteiger partial charge in [-0.25, -0.2) is 0 Å². The van der Waals surface area contributed by atoms with E-state index in [1.165, 1.54) is 5.69 Å². The average molecular weight is 238 g/mol. The van der Waals surface area contributed by atoms with Gasteiger partial charge in [-0.05, 0) is 25.7 Å². The van der Waals surface area contributed by atoms with Gasteiger partial charge in [-0.1, -0.05) is 13.8 Å². The Labute approximate surface area is 103 Å². The molecular weight excluding hydrogens is 216 g/mol. The van der Waals surface area contributed by atoms with Crippen molar-refractivity contribution in [3.05, 3.63) is 17.0 Å². The fraction of sp³-hybridized carbons (Fsp3) is 0.769. The summed E-state index contributed by atoms with van der Waals surface area (Å²) in [5.41, 5.74) is 3.22. The van der Waals surface area contributed by atoms with Gasteiger partial charge in [0.05, 0.1) is 24.9 Å². The van der Waals surface area contributed by atoms with E-state index in [4.69, 9.17) is 4.74 Å². The van der Waals surface area contributed by atoms with Crippen molar-refractivity contribution in [1.82, 2.24) is 9.78 Å². The van der Waals surface area contributed by atoms with Crippen molar-refractivity contribution in [2.45, 2.75) is 58.8 Å². The Balaban J connectivity index is 2.22. The molecule has 0 aromatic carbocycles. The van der Waals surface area contributed by atoms with Crippen LogP contribution in [0.2, 0.25) is 0 Å². The zero-order valence-electron chi connectivity index (χ0n) is 10.8. The first-order valence-electron chi connectivity index (χ1n) is 6.60. The first-order valence-corrected chi connectivity index (χ1v) is 6.60. The summed E-state index contributed by atoms with van der Waals surface area (Å²) in [6, 6.07) is 0. The number of ether oxygens (including phenoxy) is 1. The molecule has 1 aliphatic heterocycles. The molecule has 1 aromatic rings. The summed E-state index contributed by atoms with van der Waals surface area (Å²) >= 11 is 0. The van der Waals surface area contributed by atoms with Crippen LogP contribution in [0.15, 0.2) is 0 Å². The third-order valence-corrected chi connectivity index (χ3v) is 3.48. The van der Waals surface area contributed by atoms with Crippen molar-refractivity contribution in [3.8, 4) is 0 Å². The van der Waals surface area contributed by atoms with E-state index >= 15 is 0 Å². The van der Waals surface area contributed by atoms with Gasteiger partial charge in [-0.3, -0.25) is 4.68 Å². The predicted octanol–water partition coefficient (Wildman–Crippen LogP) is 1.68. The highest BCUT2D eigenvalue weighted by Crippen LogP contribution is 2.20. The highest BCUT2D eigenvalue weighted by Gasteiger charge is 2.20. The molecule has 0 aliphatic carbocycles. The number of aromatic nitrogens is 2. The van der Waals surface area contributed by atoms with Gasteiger partial charge in [0.2, 0.25) is 0 Å². The molecule has 0 radical (unpaired) electrons. The molecule has 1 N–H and O–H groups in total. The van der Waals surface area contributed by atoms with Gasteiger partial charge >= 0.3 is 0 Å². The number of hydrogen-bond acceptors (Lipinski definition) is 3. The predicted molar refractivity (Wildman–Crippen MR) is 65.9 cm³/mol. The summed E-state index contributed by atoms with van der Waals surface area (Å²) in [7, 11) is 0. The molecule has 4 nitrogen and oxygen atoms in total. The number of aliphatic hydroxyl groups is 1.